The van der Waals surface area contributed by atoms with Crippen LogP contribution in [-0.2, 0) is 4.74 Å². The second-order valence-electron chi connectivity index (χ2n) is 4.80. The maximum atomic E-state index is 11.6. The number of anilines is 1. The molecule has 18 heavy (non-hydrogen) atoms. The molecule has 0 spiro atoms. The van der Waals surface area contributed by atoms with Crippen LogP contribution in [0.2, 0.25) is 0 Å². The minimum atomic E-state index is -0.543. The lowest BCUT2D eigenvalue weighted by Crippen LogP contribution is -2.27. The van der Waals surface area contributed by atoms with Crippen LogP contribution in [0.25, 0.3) is 10.2 Å². The fourth-order valence-corrected chi connectivity index (χ4v) is 2.24. The van der Waals surface area contributed by atoms with Gasteiger partial charge in [0.2, 0.25) is 0 Å². The maximum absolute atomic E-state index is 11.6. The highest BCUT2D eigenvalue weighted by Crippen LogP contribution is 2.28. The Hall–Kier alpha value is -1.82. The lowest BCUT2D eigenvalue weighted by atomic mass is 10.2. The first-order chi connectivity index (χ1) is 8.33. The van der Waals surface area contributed by atoms with Crippen LogP contribution >= 0.6 is 11.3 Å². The van der Waals surface area contributed by atoms with Gasteiger partial charge in [0, 0.05) is 0 Å². The highest BCUT2D eigenvalue weighted by molar-refractivity contribution is 7.22. The molecule has 2 aromatic rings. The summed E-state index contributed by atoms with van der Waals surface area (Å²) in [6.45, 7) is 5.38. The number of nitrogens with one attached hydrogen (secondary N) is 1. The van der Waals surface area contributed by atoms with Crippen molar-refractivity contribution in [1.29, 1.82) is 0 Å². The van der Waals surface area contributed by atoms with E-state index in [1.165, 1.54) is 11.3 Å². The van der Waals surface area contributed by atoms with E-state index >= 15 is 0 Å². The van der Waals surface area contributed by atoms with E-state index in [0.29, 0.717) is 5.13 Å². The second kappa shape index (κ2) is 4.45. The predicted molar refractivity (Wildman–Crippen MR) is 71.1 cm³/mol. The Morgan fingerprint density at radius 2 is 2.17 bits per heavy atom. The first kappa shape index (κ1) is 12.6. The third kappa shape index (κ3) is 3.10. The molecule has 0 saturated heterocycles. The van der Waals surface area contributed by atoms with Gasteiger partial charge < -0.3 is 9.84 Å². The first-order valence-corrected chi connectivity index (χ1v) is 6.25. The van der Waals surface area contributed by atoms with Crippen LogP contribution in [0.1, 0.15) is 20.8 Å². The van der Waals surface area contributed by atoms with Crippen molar-refractivity contribution in [3.05, 3.63) is 18.2 Å². The van der Waals surface area contributed by atoms with Crippen molar-refractivity contribution in [3.8, 4) is 5.75 Å². The Labute approximate surface area is 108 Å². The summed E-state index contributed by atoms with van der Waals surface area (Å²) in [6, 6.07) is 4.86. The van der Waals surface area contributed by atoms with Crippen LogP contribution < -0.4 is 5.32 Å². The molecule has 0 bridgehead atoms. The third-order valence-corrected chi connectivity index (χ3v) is 2.91. The Kier molecular flexibility index (Phi) is 3.13. The van der Waals surface area contributed by atoms with Gasteiger partial charge >= 0.3 is 6.09 Å². The summed E-state index contributed by atoms with van der Waals surface area (Å²) in [7, 11) is 0. The van der Waals surface area contributed by atoms with Crippen molar-refractivity contribution in [1.82, 2.24) is 4.98 Å². The molecule has 0 atom stereocenters. The lowest BCUT2D eigenvalue weighted by Gasteiger charge is -2.18. The summed E-state index contributed by atoms with van der Waals surface area (Å²) in [5.74, 6) is 0.176. The van der Waals surface area contributed by atoms with Crippen molar-refractivity contribution in [3.63, 3.8) is 0 Å². The molecule has 2 rings (SSSR count). The molecule has 1 amide bonds. The number of aromatic hydroxyl groups is 1. The average molecular weight is 266 g/mol. The molecule has 96 valence electrons. The van der Waals surface area contributed by atoms with Crippen LogP contribution in [0.15, 0.2) is 18.2 Å². The molecule has 1 heterocycles. The molecular weight excluding hydrogens is 252 g/mol. The van der Waals surface area contributed by atoms with E-state index in [2.05, 4.69) is 10.3 Å². The monoisotopic (exact) mass is 266 g/mol. The number of phenolic OH excluding ortho intramolecular Hbond substituents is 1. The van der Waals surface area contributed by atoms with Crippen LogP contribution in [-0.4, -0.2) is 21.8 Å². The molecular formula is C12H14N2O3S. The van der Waals surface area contributed by atoms with Crippen molar-refractivity contribution in [2.45, 2.75) is 26.4 Å². The Morgan fingerprint density at radius 3 is 2.83 bits per heavy atom. The normalized spacial score (nSPS) is 11.5. The Morgan fingerprint density at radius 1 is 1.44 bits per heavy atom. The zero-order valence-corrected chi connectivity index (χ0v) is 11.2. The first-order valence-electron chi connectivity index (χ1n) is 5.43. The van der Waals surface area contributed by atoms with Crippen molar-refractivity contribution in [2.24, 2.45) is 0 Å². The van der Waals surface area contributed by atoms with E-state index in [1.54, 1.807) is 39.0 Å². The number of fused-ring (bicyclic) bond motifs is 1. The molecule has 0 saturated carbocycles. The van der Waals surface area contributed by atoms with E-state index in [4.69, 9.17) is 4.74 Å². The number of hydrogen-bond acceptors (Lipinski definition) is 5. The zero-order valence-electron chi connectivity index (χ0n) is 10.4. The zero-order chi connectivity index (χ0) is 13.3. The number of rotatable bonds is 1. The highest BCUT2D eigenvalue weighted by atomic mass is 32.1. The molecule has 1 aromatic heterocycles. The topological polar surface area (TPSA) is 71.5 Å². The fourth-order valence-electron chi connectivity index (χ4n) is 1.36. The number of ether oxygens (including phenoxy) is 1. The van der Waals surface area contributed by atoms with E-state index in [9.17, 15) is 9.90 Å². The minimum Gasteiger partial charge on any atom is -0.508 e. The molecule has 2 N–H and O–H groups in total. The maximum Gasteiger partial charge on any atom is 0.413 e. The number of amides is 1. The Bertz CT molecular complexity index is 587. The number of thiazole rings is 1. The minimum absolute atomic E-state index is 0.176. The van der Waals surface area contributed by atoms with Crippen molar-refractivity contribution < 1.29 is 14.6 Å². The molecule has 0 radical (unpaired) electrons. The SMILES string of the molecule is CC(C)(C)OC(=O)Nc1nc2ccc(O)cc2s1. The summed E-state index contributed by atoms with van der Waals surface area (Å²) < 4.78 is 5.94. The predicted octanol–water partition coefficient (Wildman–Crippen LogP) is 3.35. The van der Waals surface area contributed by atoms with E-state index in [1.807, 2.05) is 0 Å². The van der Waals surface area contributed by atoms with Crippen LogP contribution in [0.4, 0.5) is 9.93 Å². The second-order valence-corrected chi connectivity index (χ2v) is 5.83. The molecule has 0 aliphatic carbocycles. The van der Waals surface area contributed by atoms with Gasteiger partial charge in [0.05, 0.1) is 10.2 Å². The summed E-state index contributed by atoms with van der Waals surface area (Å²) >= 11 is 1.28. The lowest BCUT2D eigenvalue weighted by molar-refractivity contribution is 0.0636. The summed E-state index contributed by atoms with van der Waals surface area (Å²) in [4.78, 5) is 15.8. The Balaban J connectivity index is 2.15. The number of phenols is 1. The van der Waals surface area contributed by atoms with Crippen molar-refractivity contribution in [2.75, 3.05) is 5.32 Å². The van der Waals surface area contributed by atoms with Crippen LogP contribution in [0.5, 0.6) is 5.75 Å². The smallest absolute Gasteiger partial charge is 0.413 e. The number of aromatic nitrogens is 1. The van der Waals surface area contributed by atoms with Gasteiger partial charge in [-0.15, -0.1) is 0 Å². The van der Waals surface area contributed by atoms with E-state index in [-0.39, 0.29) is 5.75 Å². The number of nitrogens with zero attached hydrogens (tertiary/aromatic N) is 1. The summed E-state index contributed by atoms with van der Waals surface area (Å²) in [6.07, 6.45) is -0.536. The van der Waals surface area contributed by atoms with Gasteiger partial charge in [-0.2, -0.15) is 0 Å². The van der Waals surface area contributed by atoms with Gasteiger partial charge in [-0.05, 0) is 39.0 Å². The molecule has 0 fully saturated rings. The van der Waals surface area contributed by atoms with E-state index < -0.39 is 11.7 Å². The molecule has 0 aliphatic rings. The van der Waals surface area contributed by atoms with Gasteiger partial charge in [-0.1, -0.05) is 11.3 Å². The molecule has 0 unspecified atom stereocenters. The van der Waals surface area contributed by atoms with Gasteiger partial charge in [0.25, 0.3) is 0 Å². The molecule has 1 aromatic carbocycles. The van der Waals surface area contributed by atoms with Gasteiger partial charge in [0.1, 0.15) is 11.4 Å². The average Bonchev–Trinajstić information content (AvgIpc) is 2.55. The summed E-state index contributed by atoms with van der Waals surface area (Å²) in [5, 5.41) is 12.4. The fraction of sp³-hybridized carbons (Fsp3) is 0.333. The quantitative estimate of drug-likeness (QED) is 0.830. The number of hydrogen-bond donors (Lipinski definition) is 2. The van der Waals surface area contributed by atoms with Gasteiger partial charge in [0.15, 0.2) is 5.13 Å². The van der Waals surface area contributed by atoms with Crippen molar-refractivity contribution >= 4 is 32.8 Å². The molecule has 0 aliphatic heterocycles. The third-order valence-electron chi connectivity index (χ3n) is 1.98. The van der Waals surface area contributed by atoms with Crippen LogP contribution in [0, 0.1) is 0 Å². The highest BCUT2D eigenvalue weighted by Gasteiger charge is 2.17. The largest absolute Gasteiger partial charge is 0.508 e. The number of carbonyl (C=O) groups excluding carboxylic acids is 1. The molecule has 6 heteroatoms. The van der Waals surface area contributed by atoms with Gasteiger partial charge in [-0.25, -0.2) is 9.78 Å². The van der Waals surface area contributed by atoms with E-state index in [0.717, 1.165) is 10.2 Å². The van der Waals surface area contributed by atoms with Crippen LogP contribution in [0.3, 0.4) is 0 Å². The standard InChI is InChI=1S/C12H14N2O3S/c1-12(2,3)17-11(16)14-10-13-8-5-4-7(15)6-9(8)18-10/h4-6,15H,1-3H3,(H,13,14,16). The van der Waals surface area contributed by atoms with Gasteiger partial charge in [-0.3, -0.25) is 5.32 Å². The molecule has 5 nitrogen and oxygen atoms in total. The number of carbonyl (C=O) groups is 1. The summed E-state index contributed by atoms with van der Waals surface area (Å²) in [5.41, 5.74) is 0.183. The number of benzene rings is 1.